The molecule has 2 unspecified atom stereocenters. The summed E-state index contributed by atoms with van der Waals surface area (Å²) in [5.41, 5.74) is 8.88. The fourth-order valence-electron chi connectivity index (χ4n) is 2.10. The highest BCUT2D eigenvalue weighted by molar-refractivity contribution is 7.99. The summed E-state index contributed by atoms with van der Waals surface area (Å²) in [5, 5.41) is 0.265. The van der Waals surface area contributed by atoms with Crippen molar-refractivity contribution in [3.05, 3.63) is 53.5 Å². The quantitative estimate of drug-likeness (QED) is 0.818. The molecule has 0 aliphatic carbocycles. The second-order valence-corrected chi connectivity index (χ2v) is 6.05. The molecule has 0 saturated heterocycles. The van der Waals surface area contributed by atoms with E-state index in [-0.39, 0.29) is 11.3 Å². The first-order valence-electron chi connectivity index (χ1n) is 6.64. The molecule has 1 aromatic carbocycles. The van der Waals surface area contributed by atoms with E-state index in [1.807, 2.05) is 13.0 Å². The molecule has 1 aromatic heterocycles. The first kappa shape index (κ1) is 14.2. The minimum Gasteiger partial charge on any atom is -0.468 e. The minimum absolute atomic E-state index is 0.140. The summed E-state index contributed by atoms with van der Waals surface area (Å²) in [7, 11) is 0. The number of rotatable bonds is 5. The number of benzene rings is 1. The number of aryl methyl sites for hydroxylation is 2. The Kier molecular flexibility index (Phi) is 4.72. The van der Waals surface area contributed by atoms with E-state index in [0.717, 1.165) is 12.2 Å². The summed E-state index contributed by atoms with van der Waals surface area (Å²) in [6.45, 7) is 6.25. The van der Waals surface area contributed by atoms with Gasteiger partial charge in [-0.05, 0) is 31.9 Å². The Morgan fingerprint density at radius 1 is 1.26 bits per heavy atom. The number of hydrogen-bond acceptors (Lipinski definition) is 3. The Hall–Kier alpha value is -1.19. The third-order valence-corrected chi connectivity index (χ3v) is 4.85. The molecule has 2 nitrogen and oxygen atoms in total. The van der Waals surface area contributed by atoms with Crippen molar-refractivity contribution in [1.29, 1.82) is 0 Å². The van der Waals surface area contributed by atoms with Crippen molar-refractivity contribution in [3.63, 3.8) is 0 Å². The lowest BCUT2D eigenvalue weighted by Crippen LogP contribution is -2.25. The predicted molar refractivity (Wildman–Crippen MR) is 81.5 cm³/mol. The Morgan fingerprint density at radius 2 is 2.05 bits per heavy atom. The number of furan rings is 1. The van der Waals surface area contributed by atoms with Crippen LogP contribution in [-0.2, 0) is 0 Å². The first-order valence-corrected chi connectivity index (χ1v) is 7.52. The van der Waals surface area contributed by atoms with Crippen LogP contribution < -0.4 is 5.73 Å². The van der Waals surface area contributed by atoms with E-state index >= 15 is 0 Å². The van der Waals surface area contributed by atoms with E-state index in [9.17, 15) is 0 Å². The third-order valence-electron chi connectivity index (χ3n) is 3.30. The smallest absolute Gasteiger partial charge is 0.114 e. The summed E-state index contributed by atoms with van der Waals surface area (Å²) in [5.74, 6) is 0.964. The molecule has 0 bridgehead atoms. The van der Waals surface area contributed by atoms with Gasteiger partial charge in [-0.15, -0.1) is 11.8 Å². The first-order chi connectivity index (χ1) is 9.11. The van der Waals surface area contributed by atoms with E-state index in [0.29, 0.717) is 0 Å². The molecule has 2 N–H and O–H groups in total. The van der Waals surface area contributed by atoms with Crippen molar-refractivity contribution in [2.75, 3.05) is 0 Å². The number of thioether (sulfide) groups is 1. The monoisotopic (exact) mass is 275 g/mol. The van der Waals surface area contributed by atoms with Gasteiger partial charge in [0.05, 0.1) is 6.26 Å². The normalized spacial score (nSPS) is 14.3. The Morgan fingerprint density at radius 3 is 2.63 bits per heavy atom. The molecule has 0 radical (unpaired) electrons. The molecule has 0 fully saturated rings. The van der Waals surface area contributed by atoms with Crippen molar-refractivity contribution >= 4 is 11.8 Å². The Balaban J connectivity index is 2.29. The van der Waals surface area contributed by atoms with Crippen molar-refractivity contribution in [1.82, 2.24) is 0 Å². The van der Waals surface area contributed by atoms with Gasteiger partial charge in [-0.3, -0.25) is 0 Å². The lowest BCUT2D eigenvalue weighted by Gasteiger charge is -2.23. The fourth-order valence-corrected chi connectivity index (χ4v) is 3.37. The van der Waals surface area contributed by atoms with Gasteiger partial charge in [0.1, 0.15) is 5.76 Å². The molecule has 0 aliphatic heterocycles. The molecule has 102 valence electrons. The van der Waals surface area contributed by atoms with Gasteiger partial charge in [-0.25, -0.2) is 0 Å². The fraction of sp³-hybridized carbons (Fsp3) is 0.375. The molecule has 2 rings (SSSR count). The van der Waals surface area contributed by atoms with E-state index in [2.05, 4.69) is 38.1 Å². The highest BCUT2D eigenvalue weighted by atomic mass is 32.2. The molecule has 0 spiro atoms. The van der Waals surface area contributed by atoms with Crippen LogP contribution in [0.3, 0.4) is 0 Å². The number of nitrogens with two attached hydrogens (primary N) is 1. The molecule has 2 aromatic rings. The van der Waals surface area contributed by atoms with Crippen molar-refractivity contribution in [3.8, 4) is 0 Å². The highest BCUT2D eigenvalue weighted by Gasteiger charge is 2.21. The van der Waals surface area contributed by atoms with Crippen LogP contribution in [0, 0.1) is 13.8 Å². The van der Waals surface area contributed by atoms with E-state index in [4.69, 9.17) is 10.2 Å². The minimum atomic E-state index is 0.140. The molecule has 2 atom stereocenters. The molecule has 0 saturated carbocycles. The van der Waals surface area contributed by atoms with Gasteiger partial charge in [0, 0.05) is 16.2 Å². The van der Waals surface area contributed by atoms with Gasteiger partial charge in [0.2, 0.25) is 0 Å². The summed E-state index contributed by atoms with van der Waals surface area (Å²) < 4.78 is 5.38. The molecule has 0 amide bonds. The topological polar surface area (TPSA) is 39.2 Å². The summed E-state index contributed by atoms with van der Waals surface area (Å²) in [6, 6.07) is 10.8. The van der Waals surface area contributed by atoms with Gasteiger partial charge >= 0.3 is 0 Å². The Labute approximate surface area is 119 Å². The standard InChI is InChI=1S/C16H21NOS/c1-4-14(17)16(13-7-5-6-11(2)10-13)19-15-8-9-18-12(15)3/h5-10,14,16H,4,17H2,1-3H3. The van der Waals surface area contributed by atoms with Crippen LogP contribution in [0.4, 0.5) is 0 Å². The summed E-state index contributed by atoms with van der Waals surface area (Å²) in [6.07, 6.45) is 2.70. The SMILES string of the molecule is CCC(N)C(Sc1ccoc1C)c1cccc(C)c1. The zero-order chi connectivity index (χ0) is 13.8. The molecular formula is C16H21NOS. The molecule has 19 heavy (non-hydrogen) atoms. The van der Waals surface area contributed by atoms with Crippen LogP contribution in [0.2, 0.25) is 0 Å². The maximum atomic E-state index is 6.31. The van der Waals surface area contributed by atoms with Crippen LogP contribution in [0.1, 0.15) is 35.5 Å². The molecule has 0 aliphatic rings. The molecule has 3 heteroatoms. The van der Waals surface area contributed by atoms with Crippen LogP contribution in [0.25, 0.3) is 0 Å². The van der Waals surface area contributed by atoms with Gasteiger partial charge < -0.3 is 10.2 Å². The van der Waals surface area contributed by atoms with E-state index < -0.39 is 0 Å². The maximum Gasteiger partial charge on any atom is 0.114 e. The van der Waals surface area contributed by atoms with Gasteiger partial charge in [-0.2, -0.15) is 0 Å². The predicted octanol–water partition coefficient (Wildman–Crippen LogP) is 4.47. The zero-order valence-electron chi connectivity index (χ0n) is 11.7. The second-order valence-electron chi connectivity index (χ2n) is 4.87. The second kappa shape index (κ2) is 6.31. The van der Waals surface area contributed by atoms with Crippen LogP contribution in [0.5, 0.6) is 0 Å². The average molecular weight is 275 g/mol. The summed E-state index contributed by atoms with van der Waals surface area (Å²) >= 11 is 1.80. The molecule has 1 heterocycles. The van der Waals surface area contributed by atoms with Crippen molar-refractivity contribution in [2.24, 2.45) is 5.73 Å². The largest absolute Gasteiger partial charge is 0.468 e. The Bertz CT molecular complexity index is 535. The molecular weight excluding hydrogens is 254 g/mol. The van der Waals surface area contributed by atoms with Gasteiger partial charge in [0.15, 0.2) is 0 Å². The van der Waals surface area contributed by atoms with Crippen molar-refractivity contribution in [2.45, 2.75) is 43.4 Å². The van der Waals surface area contributed by atoms with Gasteiger partial charge in [-0.1, -0.05) is 36.8 Å². The maximum absolute atomic E-state index is 6.31. The summed E-state index contributed by atoms with van der Waals surface area (Å²) in [4.78, 5) is 1.18. The zero-order valence-corrected chi connectivity index (χ0v) is 12.5. The van der Waals surface area contributed by atoms with Crippen LogP contribution in [0.15, 0.2) is 45.9 Å². The van der Waals surface area contributed by atoms with E-state index in [1.54, 1.807) is 18.0 Å². The lowest BCUT2D eigenvalue weighted by atomic mass is 10.0. The third kappa shape index (κ3) is 3.43. The number of hydrogen-bond donors (Lipinski definition) is 1. The lowest BCUT2D eigenvalue weighted by molar-refractivity contribution is 0.526. The highest BCUT2D eigenvalue weighted by Crippen LogP contribution is 2.39. The van der Waals surface area contributed by atoms with E-state index in [1.165, 1.54) is 16.0 Å². The van der Waals surface area contributed by atoms with Crippen LogP contribution >= 0.6 is 11.8 Å². The van der Waals surface area contributed by atoms with Crippen LogP contribution in [-0.4, -0.2) is 6.04 Å². The van der Waals surface area contributed by atoms with Crippen molar-refractivity contribution < 1.29 is 4.42 Å². The van der Waals surface area contributed by atoms with Gasteiger partial charge in [0.25, 0.3) is 0 Å². The average Bonchev–Trinajstić information content (AvgIpc) is 2.80.